The van der Waals surface area contributed by atoms with E-state index in [1.165, 1.54) is 13.3 Å². The van der Waals surface area contributed by atoms with E-state index in [1.54, 1.807) is 6.07 Å². The quantitative estimate of drug-likeness (QED) is 0.626. The third-order valence-corrected chi connectivity index (χ3v) is 1.99. The van der Waals surface area contributed by atoms with Crippen LogP contribution in [0, 0.1) is 0 Å². The van der Waals surface area contributed by atoms with Gasteiger partial charge in [0.2, 0.25) is 0 Å². The molecule has 0 saturated heterocycles. The van der Waals surface area contributed by atoms with Gasteiger partial charge < -0.3 is 10.5 Å². The summed E-state index contributed by atoms with van der Waals surface area (Å²) < 4.78 is 5.17. The van der Waals surface area contributed by atoms with Gasteiger partial charge in [0.05, 0.1) is 25.4 Å². The maximum Gasteiger partial charge on any atom is 0.310 e. The summed E-state index contributed by atoms with van der Waals surface area (Å²) in [6.07, 6.45) is 1.67. The number of ether oxygens (including phenoxy) is 1. The average molecular weight is 245 g/mol. The lowest BCUT2D eigenvalue weighted by molar-refractivity contribution is -0.139. The van der Waals surface area contributed by atoms with Crippen molar-refractivity contribution in [3.05, 3.63) is 22.4 Å². The maximum atomic E-state index is 10.9. The van der Waals surface area contributed by atoms with Crippen LogP contribution in [0.15, 0.2) is 16.9 Å². The second-order valence-electron chi connectivity index (χ2n) is 2.46. The van der Waals surface area contributed by atoms with Crippen molar-refractivity contribution in [1.29, 1.82) is 0 Å². The first kappa shape index (κ1) is 9.98. The Hall–Kier alpha value is -1.10. The number of hydrogen-bond acceptors (Lipinski definition) is 4. The highest BCUT2D eigenvalue weighted by atomic mass is 79.9. The summed E-state index contributed by atoms with van der Waals surface area (Å²) in [6.45, 7) is 0. The fourth-order valence-corrected chi connectivity index (χ4v) is 1.24. The molecule has 0 spiro atoms. The molecule has 1 aromatic rings. The summed E-state index contributed by atoms with van der Waals surface area (Å²) in [5, 5.41) is 0. The van der Waals surface area contributed by atoms with E-state index in [1.807, 2.05) is 0 Å². The third kappa shape index (κ3) is 2.69. The Kier molecular flexibility index (Phi) is 3.25. The predicted molar refractivity (Wildman–Crippen MR) is 52.1 cm³/mol. The molecule has 2 N–H and O–H groups in total. The molecule has 0 atom stereocenters. The number of aromatic nitrogens is 1. The molecule has 0 fully saturated rings. The van der Waals surface area contributed by atoms with E-state index in [0.717, 1.165) is 0 Å². The van der Waals surface area contributed by atoms with Gasteiger partial charge in [-0.25, -0.2) is 4.98 Å². The summed E-state index contributed by atoms with van der Waals surface area (Å²) >= 11 is 3.19. The van der Waals surface area contributed by atoms with Crippen LogP contribution in [0.2, 0.25) is 0 Å². The molecule has 0 aliphatic rings. The highest BCUT2D eigenvalue weighted by Gasteiger charge is 2.06. The summed E-state index contributed by atoms with van der Waals surface area (Å²) in [4.78, 5) is 14.8. The molecule has 0 aliphatic heterocycles. The number of rotatable bonds is 2. The van der Waals surface area contributed by atoms with Gasteiger partial charge >= 0.3 is 5.97 Å². The molecular weight excluding hydrogens is 236 g/mol. The number of pyridine rings is 1. The Bertz CT molecular complexity index is 328. The zero-order valence-corrected chi connectivity index (χ0v) is 8.67. The number of carbonyl (C=O) groups is 1. The normalized spacial score (nSPS) is 9.69. The molecular formula is C8H9BrN2O2. The molecule has 0 saturated carbocycles. The Morgan fingerprint density at radius 1 is 1.77 bits per heavy atom. The molecule has 70 valence electrons. The highest BCUT2D eigenvalue weighted by Crippen LogP contribution is 2.16. The van der Waals surface area contributed by atoms with Crippen molar-refractivity contribution in [2.75, 3.05) is 12.8 Å². The van der Waals surface area contributed by atoms with Crippen molar-refractivity contribution in [1.82, 2.24) is 4.98 Å². The minimum absolute atomic E-state index is 0.170. The van der Waals surface area contributed by atoms with Gasteiger partial charge in [0, 0.05) is 0 Å². The minimum atomic E-state index is -0.315. The Labute approximate surface area is 84.2 Å². The van der Waals surface area contributed by atoms with Crippen molar-refractivity contribution in [2.45, 2.75) is 6.42 Å². The molecule has 1 aromatic heterocycles. The van der Waals surface area contributed by atoms with Gasteiger partial charge in [-0.05, 0) is 27.6 Å². The second kappa shape index (κ2) is 4.23. The molecule has 13 heavy (non-hydrogen) atoms. The fraction of sp³-hybridized carbons (Fsp3) is 0.250. The number of methoxy groups -OCH3 is 1. The van der Waals surface area contributed by atoms with E-state index >= 15 is 0 Å². The molecule has 0 unspecified atom stereocenters. The first-order valence-electron chi connectivity index (χ1n) is 3.60. The van der Waals surface area contributed by atoms with E-state index in [4.69, 9.17) is 5.73 Å². The fourth-order valence-electron chi connectivity index (χ4n) is 0.859. The average Bonchev–Trinajstić information content (AvgIpc) is 2.11. The van der Waals surface area contributed by atoms with Crippen LogP contribution in [0.1, 0.15) is 5.56 Å². The largest absolute Gasteiger partial charge is 0.469 e. The number of carbonyl (C=O) groups excluding carboxylic acids is 1. The van der Waals surface area contributed by atoms with Gasteiger partial charge in [-0.2, -0.15) is 0 Å². The van der Waals surface area contributed by atoms with Crippen molar-refractivity contribution in [3.63, 3.8) is 0 Å². The number of halogens is 1. The van der Waals surface area contributed by atoms with Crippen LogP contribution in [-0.2, 0) is 16.0 Å². The maximum absolute atomic E-state index is 10.9. The number of nitrogen functional groups attached to an aromatic ring is 1. The van der Waals surface area contributed by atoms with Crippen molar-refractivity contribution < 1.29 is 9.53 Å². The van der Waals surface area contributed by atoms with Crippen LogP contribution in [0.25, 0.3) is 0 Å². The summed E-state index contributed by atoms with van der Waals surface area (Å²) in [5.41, 5.74) is 6.81. The van der Waals surface area contributed by atoms with E-state index < -0.39 is 0 Å². The zero-order valence-electron chi connectivity index (χ0n) is 7.08. The van der Waals surface area contributed by atoms with Gasteiger partial charge in [0.1, 0.15) is 4.60 Å². The standard InChI is InChI=1S/C8H9BrN2O2/c1-13-8(12)3-5-2-7(9)11-4-6(5)10/h2,4H,3,10H2,1H3. The molecule has 1 rings (SSSR count). The number of anilines is 1. The molecule has 0 radical (unpaired) electrons. The Morgan fingerprint density at radius 3 is 3.08 bits per heavy atom. The molecule has 5 heteroatoms. The van der Waals surface area contributed by atoms with Crippen molar-refractivity contribution >= 4 is 27.6 Å². The Balaban J connectivity index is 2.87. The minimum Gasteiger partial charge on any atom is -0.469 e. The monoisotopic (exact) mass is 244 g/mol. The first-order valence-corrected chi connectivity index (χ1v) is 4.39. The van der Waals surface area contributed by atoms with Gasteiger partial charge in [0.15, 0.2) is 0 Å². The number of esters is 1. The van der Waals surface area contributed by atoms with Gasteiger partial charge in [-0.15, -0.1) is 0 Å². The molecule has 0 amide bonds. The molecule has 0 bridgehead atoms. The lowest BCUT2D eigenvalue weighted by Crippen LogP contribution is -2.07. The second-order valence-corrected chi connectivity index (χ2v) is 3.27. The molecule has 4 nitrogen and oxygen atoms in total. The summed E-state index contributed by atoms with van der Waals surface area (Å²) in [6, 6.07) is 1.70. The van der Waals surface area contributed by atoms with E-state index in [2.05, 4.69) is 25.7 Å². The Morgan fingerprint density at radius 2 is 2.46 bits per heavy atom. The van der Waals surface area contributed by atoms with Crippen LogP contribution in [0.5, 0.6) is 0 Å². The van der Waals surface area contributed by atoms with E-state index in [0.29, 0.717) is 15.9 Å². The van der Waals surface area contributed by atoms with Crippen molar-refractivity contribution in [2.24, 2.45) is 0 Å². The number of nitrogens with two attached hydrogens (primary N) is 1. The van der Waals surface area contributed by atoms with E-state index in [9.17, 15) is 4.79 Å². The smallest absolute Gasteiger partial charge is 0.310 e. The first-order chi connectivity index (χ1) is 6.13. The lowest BCUT2D eigenvalue weighted by Gasteiger charge is -2.03. The van der Waals surface area contributed by atoms with E-state index in [-0.39, 0.29) is 12.4 Å². The van der Waals surface area contributed by atoms with Crippen LogP contribution in [0.3, 0.4) is 0 Å². The molecule has 0 aliphatic carbocycles. The zero-order chi connectivity index (χ0) is 9.84. The molecule has 1 heterocycles. The summed E-state index contributed by atoms with van der Waals surface area (Å²) in [7, 11) is 1.34. The van der Waals surface area contributed by atoms with Gasteiger partial charge in [0.25, 0.3) is 0 Å². The predicted octanol–water partition coefficient (Wildman–Crippen LogP) is 1.14. The number of hydrogen-bond donors (Lipinski definition) is 1. The van der Waals surface area contributed by atoms with Crippen LogP contribution < -0.4 is 5.73 Å². The summed E-state index contributed by atoms with van der Waals surface area (Å²) in [5.74, 6) is -0.315. The van der Waals surface area contributed by atoms with Gasteiger partial charge in [-0.3, -0.25) is 4.79 Å². The third-order valence-electron chi connectivity index (χ3n) is 1.55. The van der Waals surface area contributed by atoms with Gasteiger partial charge in [-0.1, -0.05) is 0 Å². The van der Waals surface area contributed by atoms with Crippen LogP contribution >= 0.6 is 15.9 Å². The number of nitrogens with zero attached hydrogens (tertiary/aromatic N) is 1. The SMILES string of the molecule is COC(=O)Cc1cc(Br)ncc1N. The topological polar surface area (TPSA) is 65.2 Å². The highest BCUT2D eigenvalue weighted by molar-refractivity contribution is 9.10. The lowest BCUT2D eigenvalue weighted by atomic mass is 10.2. The van der Waals surface area contributed by atoms with Crippen LogP contribution in [0.4, 0.5) is 5.69 Å². The molecule has 0 aromatic carbocycles. The van der Waals surface area contributed by atoms with Crippen LogP contribution in [-0.4, -0.2) is 18.1 Å². The van der Waals surface area contributed by atoms with Crippen molar-refractivity contribution in [3.8, 4) is 0 Å².